The Morgan fingerprint density at radius 1 is 1.16 bits per heavy atom. The minimum Gasteiger partial charge on any atom is -0.486 e. The van der Waals surface area contributed by atoms with Crippen LogP contribution in [0, 0.1) is 0 Å². The molecule has 11 nitrogen and oxygen atoms in total. The molecule has 2 atom stereocenters. The van der Waals surface area contributed by atoms with Gasteiger partial charge < -0.3 is 24.8 Å². The average molecular weight is 523 g/mol. The van der Waals surface area contributed by atoms with E-state index in [1.165, 1.54) is 12.5 Å². The highest BCUT2D eigenvalue weighted by atomic mass is 32.1. The van der Waals surface area contributed by atoms with Gasteiger partial charge in [-0.25, -0.2) is 19.5 Å². The minimum atomic E-state index is -1.18. The summed E-state index contributed by atoms with van der Waals surface area (Å²) in [7, 11) is 1.23. The summed E-state index contributed by atoms with van der Waals surface area (Å²) in [4.78, 5) is 56.7. The lowest BCUT2D eigenvalue weighted by atomic mass is 10.0. The van der Waals surface area contributed by atoms with Crippen molar-refractivity contribution in [2.75, 3.05) is 25.6 Å². The normalized spacial score (nSPS) is 17.2. The van der Waals surface area contributed by atoms with Crippen LogP contribution in [0.2, 0.25) is 0 Å². The number of benzene rings is 2. The fraction of sp³-hybridized carbons (Fsp3) is 0.240. The molecule has 0 spiro atoms. The average Bonchev–Trinajstić information content (AvgIpc) is 3.50. The molecule has 2 aliphatic rings. The molecule has 2 aliphatic heterocycles. The monoisotopic (exact) mass is 522 g/mol. The van der Waals surface area contributed by atoms with Gasteiger partial charge in [-0.1, -0.05) is 36.4 Å². The van der Waals surface area contributed by atoms with Crippen LogP contribution in [0.5, 0.6) is 11.5 Å². The summed E-state index contributed by atoms with van der Waals surface area (Å²) in [5, 5.41) is 6.88. The molecular formula is C25H22N4O7S. The number of aromatic nitrogens is 1. The third kappa shape index (κ3) is 4.96. The summed E-state index contributed by atoms with van der Waals surface area (Å²) in [6, 6.07) is 11.2. The third-order valence-electron chi connectivity index (χ3n) is 5.89. The van der Waals surface area contributed by atoms with Crippen LogP contribution < -0.4 is 20.1 Å². The number of imide groups is 1. The maximum absolute atomic E-state index is 13.5. The number of esters is 1. The summed E-state index contributed by atoms with van der Waals surface area (Å²) < 4.78 is 15.8. The van der Waals surface area contributed by atoms with Gasteiger partial charge >= 0.3 is 12.0 Å². The van der Waals surface area contributed by atoms with Crippen molar-refractivity contribution in [2.45, 2.75) is 18.5 Å². The highest BCUT2D eigenvalue weighted by Gasteiger charge is 2.45. The van der Waals surface area contributed by atoms with E-state index in [0.29, 0.717) is 30.3 Å². The maximum Gasteiger partial charge on any atom is 0.357 e. The Morgan fingerprint density at radius 3 is 2.68 bits per heavy atom. The molecule has 1 aromatic heterocycles. The Bertz CT molecular complexity index is 1360. The van der Waals surface area contributed by atoms with Crippen LogP contribution in [0.1, 0.15) is 27.7 Å². The Hall–Kier alpha value is -4.45. The fourth-order valence-corrected chi connectivity index (χ4v) is 4.79. The Morgan fingerprint density at radius 2 is 1.92 bits per heavy atom. The predicted molar refractivity (Wildman–Crippen MR) is 132 cm³/mol. The first-order valence-corrected chi connectivity index (χ1v) is 12.2. The van der Waals surface area contributed by atoms with Crippen molar-refractivity contribution in [2.24, 2.45) is 0 Å². The van der Waals surface area contributed by atoms with Crippen LogP contribution in [0.4, 0.5) is 9.93 Å². The van der Waals surface area contributed by atoms with Crippen LogP contribution >= 0.6 is 11.3 Å². The van der Waals surface area contributed by atoms with E-state index in [1.807, 2.05) is 6.07 Å². The number of methoxy groups -OCH3 is 1. The summed E-state index contributed by atoms with van der Waals surface area (Å²) in [5.74, 6) is -0.810. The zero-order valence-electron chi connectivity index (χ0n) is 19.6. The summed E-state index contributed by atoms with van der Waals surface area (Å²) in [6.07, 6.45) is 0.0783. The van der Waals surface area contributed by atoms with Gasteiger partial charge in [0.1, 0.15) is 25.3 Å². The number of nitrogens with zero attached hydrogens (tertiary/aromatic N) is 2. The third-order valence-corrected chi connectivity index (χ3v) is 6.64. The van der Waals surface area contributed by atoms with Gasteiger partial charge in [0.15, 0.2) is 22.3 Å². The topological polar surface area (TPSA) is 136 Å². The van der Waals surface area contributed by atoms with Crippen molar-refractivity contribution in [1.29, 1.82) is 0 Å². The quantitative estimate of drug-likeness (QED) is 0.357. The molecule has 12 heteroatoms. The molecule has 1 unspecified atom stereocenters. The lowest BCUT2D eigenvalue weighted by Gasteiger charge is -2.24. The molecule has 37 heavy (non-hydrogen) atoms. The van der Waals surface area contributed by atoms with Crippen LogP contribution in [-0.2, 0) is 20.7 Å². The second-order valence-electron chi connectivity index (χ2n) is 8.22. The molecule has 0 aliphatic carbocycles. The molecule has 2 N–H and O–H groups in total. The van der Waals surface area contributed by atoms with Crippen molar-refractivity contribution < 1.29 is 33.4 Å². The van der Waals surface area contributed by atoms with Crippen LogP contribution in [0.25, 0.3) is 0 Å². The predicted octanol–water partition coefficient (Wildman–Crippen LogP) is 2.54. The molecule has 3 aromatic rings. The lowest BCUT2D eigenvalue weighted by molar-refractivity contribution is -0.134. The number of amides is 4. The van der Waals surface area contributed by atoms with E-state index in [1.54, 1.807) is 42.5 Å². The van der Waals surface area contributed by atoms with Crippen molar-refractivity contribution in [3.8, 4) is 11.5 Å². The van der Waals surface area contributed by atoms with Crippen LogP contribution in [-0.4, -0.2) is 60.1 Å². The zero-order chi connectivity index (χ0) is 25.9. The highest BCUT2D eigenvalue weighted by Crippen LogP contribution is 2.35. The van der Waals surface area contributed by atoms with Gasteiger partial charge in [0.2, 0.25) is 5.91 Å². The van der Waals surface area contributed by atoms with Crippen molar-refractivity contribution in [3.05, 3.63) is 70.7 Å². The lowest BCUT2D eigenvalue weighted by Crippen LogP contribution is -2.49. The first-order valence-electron chi connectivity index (χ1n) is 11.4. The first kappa shape index (κ1) is 24.3. The van der Waals surface area contributed by atoms with E-state index in [0.717, 1.165) is 21.8 Å². The van der Waals surface area contributed by atoms with Crippen molar-refractivity contribution in [1.82, 2.24) is 15.2 Å². The number of carbonyl (C=O) groups excluding carboxylic acids is 4. The number of carbonyl (C=O) groups is 4. The van der Waals surface area contributed by atoms with Crippen molar-refractivity contribution >= 4 is 40.3 Å². The van der Waals surface area contributed by atoms with Gasteiger partial charge in [-0.3, -0.25) is 9.59 Å². The molecule has 5 rings (SSSR count). The standard InChI is InChI=1S/C25H22N4O7S/c1-34-23(32)16-13-37-24(26-16)28-21(30)17(11-14-5-3-2-4-6-14)29-22(31)20(27-25(29)33)15-7-8-18-19(12-15)36-10-9-35-18/h2-8,12-13,17,20H,9-11H2,1H3,(H,27,33)(H,26,28,30)/t17-,20?/m0/s1. The highest BCUT2D eigenvalue weighted by molar-refractivity contribution is 7.14. The van der Waals surface area contributed by atoms with E-state index >= 15 is 0 Å². The van der Waals surface area contributed by atoms with Gasteiger partial charge in [-0.15, -0.1) is 11.3 Å². The smallest absolute Gasteiger partial charge is 0.357 e. The summed E-state index contributed by atoms with van der Waals surface area (Å²) in [6.45, 7) is 0.803. The largest absolute Gasteiger partial charge is 0.486 e. The number of rotatable bonds is 7. The molecule has 4 amide bonds. The van der Waals surface area contributed by atoms with Gasteiger partial charge in [-0.2, -0.15) is 0 Å². The number of hydrogen-bond acceptors (Lipinski definition) is 9. The van der Waals surface area contributed by atoms with Crippen LogP contribution in [0.15, 0.2) is 53.9 Å². The van der Waals surface area contributed by atoms with E-state index < -0.39 is 35.9 Å². The molecular weight excluding hydrogens is 500 g/mol. The number of thiazole rings is 1. The summed E-state index contributed by atoms with van der Waals surface area (Å²) >= 11 is 1.03. The molecule has 0 radical (unpaired) electrons. The number of nitrogens with one attached hydrogen (secondary N) is 2. The molecule has 1 saturated heterocycles. The van der Waals surface area contributed by atoms with E-state index in [-0.39, 0.29) is 17.2 Å². The zero-order valence-corrected chi connectivity index (χ0v) is 20.4. The van der Waals surface area contributed by atoms with Gasteiger partial charge in [0, 0.05) is 11.8 Å². The molecule has 0 bridgehead atoms. The molecule has 1 fully saturated rings. The molecule has 0 saturated carbocycles. The second kappa shape index (κ2) is 10.3. The Kier molecular flexibility index (Phi) is 6.73. The maximum atomic E-state index is 13.5. The van der Waals surface area contributed by atoms with Gasteiger partial charge in [0.25, 0.3) is 5.91 Å². The van der Waals surface area contributed by atoms with E-state index in [9.17, 15) is 19.2 Å². The first-order chi connectivity index (χ1) is 17.9. The molecule has 190 valence electrons. The number of fused-ring (bicyclic) bond motifs is 1. The van der Waals surface area contributed by atoms with Gasteiger partial charge in [0.05, 0.1) is 7.11 Å². The SMILES string of the molecule is COC(=O)c1csc(NC(=O)[C@H](Cc2ccccc2)N2C(=O)NC(c3ccc4c(c3)OCCO4)C2=O)n1. The van der Waals surface area contributed by atoms with Gasteiger partial charge in [-0.05, 0) is 23.3 Å². The fourth-order valence-electron chi connectivity index (χ4n) is 4.11. The number of anilines is 1. The Labute approximate surface area is 215 Å². The Balaban J connectivity index is 1.41. The van der Waals surface area contributed by atoms with Crippen molar-refractivity contribution in [3.63, 3.8) is 0 Å². The van der Waals surface area contributed by atoms with Crippen LogP contribution in [0.3, 0.4) is 0 Å². The van der Waals surface area contributed by atoms with E-state index in [4.69, 9.17) is 9.47 Å². The van der Waals surface area contributed by atoms with E-state index in [2.05, 4.69) is 20.4 Å². The second-order valence-corrected chi connectivity index (χ2v) is 9.08. The number of hydrogen-bond donors (Lipinski definition) is 2. The molecule has 2 aromatic carbocycles. The summed E-state index contributed by atoms with van der Waals surface area (Å²) in [5.41, 5.74) is 1.29. The molecule has 3 heterocycles. The number of ether oxygens (including phenoxy) is 3. The minimum absolute atomic E-state index is 0.0380. The number of urea groups is 1.